The summed E-state index contributed by atoms with van der Waals surface area (Å²) in [5.74, 6) is 0.629. The first-order valence-electron chi connectivity index (χ1n) is 6.51. The van der Waals surface area contributed by atoms with Crippen molar-refractivity contribution < 1.29 is 18.3 Å². The standard InChI is InChI=1S/C14H19F2NO2/c1-17-13(10-6-8-18-9-7-10)11-4-2-3-5-12(11)19-14(15)16/h2-5,10,13-14,17H,6-9H2,1H3. The summed E-state index contributed by atoms with van der Waals surface area (Å²) in [5.41, 5.74) is 0.789. The molecule has 0 aromatic heterocycles. The van der Waals surface area contributed by atoms with Crippen LogP contribution in [0.25, 0.3) is 0 Å². The Balaban J connectivity index is 2.21. The van der Waals surface area contributed by atoms with Crippen LogP contribution in [0, 0.1) is 5.92 Å². The molecular weight excluding hydrogens is 252 g/mol. The zero-order valence-corrected chi connectivity index (χ0v) is 10.9. The molecule has 1 aliphatic rings. The summed E-state index contributed by atoms with van der Waals surface area (Å²) >= 11 is 0. The third-order valence-corrected chi connectivity index (χ3v) is 3.52. The van der Waals surface area contributed by atoms with Crippen LogP contribution in [0.5, 0.6) is 5.75 Å². The van der Waals surface area contributed by atoms with Crippen LogP contribution in [-0.4, -0.2) is 26.9 Å². The van der Waals surface area contributed by atoms with Gasteiger partial charge in [-0.15, -0.1) is 0 Å². The van der Waals surface area contributed by atoms with E-state index < -0.39 is 6.61 Å². The van der Waals surface area contributed by atoms with Gasteiger partial charge in [-0.1, -0.05) is 18.2 Å². The predicted octanol–water partition coefficient (Wildman–Crippen LogP) is 2.98. The molecule has 1 aliphatic heterocycles. The molecule has 3 nitrogen and oxygen atoms in total. The number of rotatable bonds is 5. The number of halogens is 2. The van der Waals surface area contributed by atoms with Crippen molar-refractivity contribution in [2.45, 2.75) is 25.5 Å². The summed E-state index contributed by atoms with van der Waals surface area (Å²) < 4.78 is 34.9. The van der Waals surface area contributed by atoms with Crippen LogP contribution < -0.4 is 10.1 Å². The van der Waals surface area contributed by atoms with Crippen molar-refractivity contribution in [2.24, 2.45) is 5.92 Å². The van der Waals surface area contributed by atoms with Gasteiger partial charge in [0.05, 0.1) is 0 Å². The minimum absolute atomic E-state index is 0.0128. The third-order valence-electron chi connectivity index (χ3n) is 3.52. The van der Waals surface area contributed by atoms with E-state index in [4.69, 9.17) is 4.74 Å². The molecule has 2 rings (SSSR count). The molecule has 1 saturated heterocycles. The van der Waals surface area contributed by atoms with E-state index in [2.05, 4.69) is 10.1 Å². The molecule has 0 spiro atoms. The summed E-state index contributed by atoms with van der Waals surface area (Å²) in [6, 6.07) is 6.99. The Morgan fingerprint density at radius 2 is 1.95 bits per heavy atom. The number of para-hydroxylation sites is 1. The van der Waals surface area contributed by atoms with Crippen LogP contribution >= 0.6 is 0 Å². The van der Waals surface area contributed by atoms with Gasteiger partial charge >= 0.3 is 6.61 Å². The van der Waals surface area contributed by atoms with E-state index in [1.165, 1.54) is 0 Å². The molecule has 1 atom stereocenters. The molecule has 5 heteroatoms. The zero-order chi connectivity index (χ0) is 13.7. The molecule has 0 amide bonds. The second-order valence-corrected chi connectivity index (χ2v) is 4.63. The number of hydrogen-bond donors (Lipinski definition) is 1. The summed E-state index contributed by atoms with van der Waals surface area (Å²) in [7, 11) is 1.85. The summed E-state index contributed by atoms with van der Waals surface area (Å²) in [4.78, 5) is 0. The topological polar surface area (TPSA) is 30.5 Å². The van der Waals surface area contributed by atoms with Gasteiger partial charge in [0.1, 0.15) is 5.75 Å². The van der Waals surface area contributed by atoms with Gasteiger partial charge in [-0.2, -0.15) is 8.78 Å². The fourth-order valence-corrected chi connectivity index (χ4v) is 2.64. The van der Waals surface area contributed by atoms with Crippen molar-refractivity contribution in [1.82, 2.24) is 5.32 Å². The first-order chi connectivity index (χ1) is 9.22. The zero-order valence-electron chi connectivity index (χ0n) is 10.9. The first kappa shape index (κ1) is 14.2. The van der Waals surface area contributed by atoms with E-state index in [0.717, 1.165) is 31.6 Å². The van der Waals surface area contributed by atoms with Crippen LogP contribution in [0.4, 0.5) is 8.78 Å². The highest BCUT2D eigenvalue weighted by Gasteiger charge is 2.26. The van der Waals surface area contributed by atoms with Crippen LogP contribution in [0.1, 0.15) is 24.4 Å². The Hall–Kier alpha value is -1.20. The Morgan fingerprint density at radius 1 is 1.26 bits per heavy atom. The van der Waals surface area contributed by atoms with Gasteiger partial charge in [-0.05, 0) is 31.9 Å². The summed E-state index contributed by atoms with van der Waals surface area (Å²) in [6.45, 7) is -1.35. The molecule has 106 valence electrons. The Kier molecular flexibility index (Phi) is 5.10. The third kappa shape index (κ3) is 3.64. The largest absolute Gasteiger partial charge is 0.434 e. The monoisotopic (exact) mass is 271 g/mol. The van der Waals surface area contributed by atoms with Gasteiger partial charge in [0.2, 0.25) is 0 Å². The fraction of sp³-hybridized carbons (Fsp3) is 0.571. The quantitative estimate of drug-likeness (QED) is 0.893. The minimum Gasteiger partial charge on any atom is -0.434 e. The molecule has 1 unspecified atom stereocenters. The smallest absolute Gasteiger partial charge is 0.387 e. The lowest BCUT2D eigenvalue weighted by Gasteiger charge is -2.31. The molecule has 1 aromatic rings. The van der Waals surface area contributed by atoms with Crippen LogP contribution in [-0.2, 0) is 4.74 Å². The molecule has 0 aliphatic carbocycles. The van der Waals surface area contributed by atoms with Gasteiger partial charge in [0.25, 0.3) is 0 Å². The normalized spacial score (nSPS) is 18.5. The molecule has 1 fully saturated rings. The average molecular weight is 271 g/mol. The van der Waals surface area contributed by atoms with Crippen molar-refractivity contribution >= 4 is 0 Å². The van der Waals surface area contributed by atoms with Crippen molar-refractivity contribution in [3.8, 4) is 5.75 Å². The van der Waals surface area contributed by atoms with Crippen LogP contribution in [0.15, 0.2) is 24.3 Å². The lowest BCUT2D eigenvalue weighted by atomic mass is 9.87. The van der Waals surface area contributed by atoms with Crippen molar-refractivity contribution in [3.63, 3.8) is 0 Å². The maximum atomic E-state index is 12.4. The maximum Gasteiger partial charge on any atom is 0.387 e. The van der Waals surface area contributed by atoms with E-state index >= 15 is 0 Å². The molecule has 19 heavy (non-hydrogen) atoms. The second-order valence-electron chi connectivity index (χ2n) is 4.63. The van der Waals surface area contributed by atoms with Gasteiger partial charge in [0.15, 0.2) is 0 Å². The highest BCUT2D eigenvalue weighted by atomic mass is 19.3. The van der Waals surface area contributed by atoms with E-state index in [1.54, 1.807) is 12.1 Å². The number of ether oxygens (including phenoxy) is 2. The highest BCUT2D eigenvalue weighted by molar-refractivity contribution is 5.36. The van der Waals surface area contributed by atoms with E-state index in [1.807, 2.05) is 19.2 Å². The lowest BCUT2D eigenvalue weighted by molar-refractivity contribution is -0.0511. The molecule has 0 saturated carbocycles. The first-order valence-corrected chi connectivity index (χ1v) is 6.51. The van der Waals surface area contributed by atoms with Crippen molar-refractivity contribution in [2.75, 3.05) is 20.3 Å². The molecular formula is C14H19F2NO2. The van der Waals surface area contributed by atoms with Gasteiger partial charge < -0.3 is 14.8 Å². The summed E-state index contributed by atoms with van der Waals surface area (Å²) in [6.07, 6.45) is 1.85. The van der Waals surface area contributed by atoms with Gasteiger partial charge in [0, 0.05) is 24.8 Å². The minimum atomic E-state index is -2.80. The maximum absolute atomic E-state index is 12.4. The predicted molar refractivity (Wildman–Crippen MR) is 68.4 cm³/mol. The fourth-order valence-electron chi connectivity index (χ4n) is 2.64. The average Bonchev–Trinajstić information content (AvgIpc) is 2.42. The molecule has 1 aromatic carbocycles. The highest BCUT2D eigenvalue weighted by Crippen LogP contribution is 2.35. The van der Waals surface area contributed by atoms with Crippen molar-refractivity contribution in [3.05, 3.63) is 29.8 Å². The molecule has 0 radical (unpaired) electrons. The number of benzene rings is 1. The number of nitrogens with one attached hydrogen (secondary N) is 1. The van der Waals surface area contributed by atoms with Gasteiger partial charge in [-0.25, -0.2) is 0 Å². The van der Waals surface area contributed by atoms with E-state index in [-0.39, 0.29) is 11.8 Å². The molecule has 1 N–H and O–H groups in total. The second kappa shape index (κ2) is 6.82. The van der Waals surface area contributed by atoms with Crippen molar-refractivity contribution in [1.29, 1.82) is 0 Å². The number of hydrogen-bond acceptors (Lipinski definition) is 3. The molecule has 1 heterocycles. The van der Waals surface area contributed by atoms with E-state index in [0.29, 0.717) is 5.92 Å². The van der Waals surface area contributed by atoms with Crippen LogP contribution in [0.3, 0.4) is 0 Å². The van der Waals surface area contributed by atoms with Gasteiger partial charge in [-0.3, -0.25) is 0 Å². The van der Waals surface area contributed by atoms with Crippen LogP contribution in [0.2, 0.25) is 0 Å². The lowest BCUT2D eigenvalue weighted by Crippen LogP contribution is -2.30. The Labute approximate surface area is 111 Å². The van der Waals surface area contributed by atoms with E-state index in [9.17, 15) is 8.78 Å². The molecule has 0 bridgehead atoms. The summed E-state index contributed by atoms with van der Waals surface area (Å²) in [5, 5.41) is 3.22. The SMILES string of the molecule is CNC(c1ccccc1OC(F)F)C1CCOCC1. The number of alkyl halides is 2. The Morgan fingerprint density at radius 3 is 2.58 bits per heavy atom. The Bertz CT molecular complexity index is 395.